The third-order valence-corrected chi connectivity index (χ3v) is 6.29. The van der Waals surface area contributed by atoms with Crippen LogP contribution in [0.2, 0.25) is 0 Å². The Bertz CT molecular complexity index is 1190. The van der Waals surface area contributed by atoms with E-state index in [1.54, 1.807) is 19.1 Å². The number of rotatable bonds is 6. The summed E-state index contributed by atoms with van der Waals surface area (Å²) < 4.78 is 8.59. The third-order valence-electron chi connectivity index (χ3n) is 6.29. The topological polar surface area (TPSA) is 100 Å². The summed E-state index contributed by atoms with van der Waals surface area (Å²) in [7, 11) is 0. The van der Waals surface area contributed by atoms with Crippen LogP contribution in [0.1, 0.15) is 60.7 Å². The number of pyridine rings is 1. The molecule has 8 nitrogen and oxygen atoms in total. The molecule has 2 aliphatic rings. The fraction of sp³-hybridized carbons (Fsp3) is 0.417. The number of hydrogen-bond acceptors (Lipinski definition) is 5. The van der Waals surface area contributed by atoms with Gasteiger partial charge >= 0.3 is 5.91 Å². The van der Waals surface area contributed by atoms with E-state index < -0.39 is 5.91 Å². The summed E-state index contributed by atoms with van der Waals surface area (Å²) in [6.45, 7) is 2.25. The van der Waals surface area contributed by atoms with Gasteiger partial charge in [-0.1, -0.05) is 0 Å². The average Bonchev–Trinajstić information content (AvgIpc) is 3.52. The van der Waals surface area contributed by atoms with Gasteiger partial charge in [-0.25, -0.2) is 0 Å². The monoisotopic (exact) mass is 434 g/mol. The Balaban J connectivity index is 1.46. The molecule has 2 saturated carbocycles. The molecule has 1 amide bonds. The normalized spacial score (nSPS) is 17.0. The zero-order chi connectivity index (χ0) is 22.2. The first-order valence-corrected chi connectivity index (χ1v) is 11.2. The summed E-state index contributed by atoms with van der Waals surface area (Å²) in [5, 5.41) is 20.8. The number of ketones is 1. The molecule has 2 aliphatic carbocycles. The molecule has 2 fully saturated rings. The molecule has 8 heteroatoms. The second-order valence-electron chi connectivity index (χ2n) is 8.84. The van der Waals surface area contributed by atoms with Crippen molar-refractivity contribution < 1.29 is 19.1 Å². The maximum Gasteiger partial charge on any atom is 0.321 e. The molecule has 0 atom stereocenters. The summed E-state index contributed by atoms with van der Waals surface area (Å²) in [6.07, 6.45) is 7.01. The number of ether oxygens (including phenoxy) is 1. The Morgan fingerprint density at radius 1 is 1.25 bits per heavy atom. The van der Waals surface area contributed by atoms with E-state index in [1.165, 1.54) is 6.07 Å². The Morgan fingerprint density at radius 2 is 2.03 bits per heavy atom. The molecule has 1 N–H and O–H groups in total. The number of aryl methyl sites for hydroxylation is 1. The van der Waals surface area contributed by atoms with Crippen molar-refractivity contribution in [2.45, 2.75) is 51.5 Å². The number of carbonyl (C=O) groups is 2. The second-order valence-corrected chi connectivity index (χ2v) is 8.84. The van der Waals surface area contributed by atoms with Crippen LogP contribution in [0, 0.1) is 18.0 Å². The molecule has 0 aliphatic heterocycles. The largest absolute Gasteiger partial charge is 0.618 e. The van der Waals surface area contributed by atoms with Crippen molar-refractivity contribution in [1.29, 1.82) is 0 Å². The van der Waals surface area contributed by atoms with Gasteiger partial charge in [0, 0.05) is 49.5 Å². The minimum Gasteiger partial charge on any atom is -0.618 e. The average molecular weight is 434 g/mol. The first kappa shape index (κ1) is 20.5. The molecular weight excluding hydrogens is 408 g/mol. The summed E-state index contributed by atoms with van der Waals surface area (Å²) in [5.74, 6) is 0.919. The summed E-state index contributed by atoms with van der Waals surface area (Å²) in [6, 6.07) is 8.73. The van der Waals surface area contributed by atoms with Crippen LogP contribution < -0.4 is 14.8 Å². The molecule has 166 valence electrons. The van der Waals surface area contributed by atoms with Gasteiger partial charge in [-0.15, -0.1) is 0 Å². The van der Waals surface area contributed by atoms with Crippen LogP contribution in [-0.2, 0) is 4.79 Å². The number of carbonyl (C=O) groups excluding carboxylic acids is 2. The van der Waals surface area contributed by atoms with E-state index in [9.17, 15) is 14.8 Å². The van der Waals surface area contributed by atoms with E-state index >= 15 is 0 Å². The number of hydrogen-bond donors (Lipinski definition) is 1. The molecule has 2 aromatic heterocycles. The highest BCUT2D eigenvalue weighted by Crippen LogP contribution is 2.35. The molecule has 0 unspecified atom stereocenters. The van der Waals surface area contributed by atoms with E-state index in [2.05, 4.69) is 5.32 Å². The van der Waals surface area contributed by atoms with E-state index in [1.807, 2.05) is 23.0 Å². The van der Waals surface area contributed by atoms with Crippen LogP contribution in [0.15, 0.2) is 36.5 Å². The van der Waals surface area contributed by atoms with Crippen molar-refractivity contribution in [2.24, 2.45) is 5.92 Å². The maximum absolute atomic E-state index is 12.9. The van der Waals surface area contributed by atoms with Gasteiger partial charge in [0.25, 0.3) is 5.69 Å². The van der Waals surface area contributed by atoms with Crippen LogP contribution in [-0.4, -0.2) is 28.1 Å². The van der Waals surface area contributed by atoms with Gasteiger partial charge in [0.1, 0.15) is 11.5 Å². The number of anilines is 1. The SMILES string of the molecule is Cc1cccc(C(=O)Nc2cc3cn(C4CCC(=O)CC4)nc3cc2OCC2CC2)[n+]1[O-]. The zero-order valence-electron chi connectivity index (χ0n) is 18.0. The van der Waals surface area contributed by atoms with Crippen LogP contribution in [0.3, 0.4) is 0 Å². The highest BCUT2D eigenvalue weighted by Gasteiger charge is 2.25. The lowest BCUT2D eigenvalue weighted by Crippen LogP contribution is -2.39. The van der Waals surface area contributed by atoms with Crippen molar-refractivity contribution in [3.05, 3.63) is 53.1 Å². The Hall–Kier alpha value is -3.42. The fourth-order valence-electron chi connectivity index (χ4n) is 4.12. The van der Waals surface area contributed by atoms with Gasteiger partial charge in [-0.3, -0.25) is 14.3 Å². The van der Waals surface area contributed by atoms with Crippen molar-refractivity contribution in [3.63, 3.8) is 0 Å². The minimum absolute atomic E-state index is 0.0285. The van der Waals surface area contributed by atoms with Gasteiger partial charge in [0.15, 0.2) is 5.69 Å². The number of benzene rings is 1. The number of fused-ring (bicyclic) bond motifs is 1. The second kappa shape index (κ2) is 8.26. The molecule has 0 saturated heterocycles. The molecule has 0 radical (unpaired) electrons. The third kappa shape index (κ3) is 4.17. The summed E-state index contributed by atoms with van der Waals surface area (Å²) in [4.78, 5) is 24.5. The van der Waals surface area contributed by atoms with Crippen molar-refractivity contribution in [2.75, 3.05) is 11.9 Å². The smallest absolute Gasteiger partial charge is 0.321 e. The molecule has 5 rings (SSSR count). The first-order chi connectivity index (χ1) is 15.5. The lowest BCUT2D eigenvalue weighted by Gasteiger charge is -2.20. The van der Waals surface area contributed by atoms with Gasteiger partial charge in [0.2, 0.25) is 0 Å². The number of amides is 1. The van der Waals surface area contributed by atoms with E-state index in [4.69, 9.17) is 9.84 Å². The van der Waals surface area contributed by atoms with Gasteiger partial charge in [-0.2, -0.15) is 9.83 Å². The first-order valence-electron chi connectivity index (χ1n) is 11.2. The molecular formula is C24H26N4O4. The molecule has 32 heavy (non-hydrogen) atoms. The number of aromatic nitrogens is 3. The number of Topliss-reactive ketones (excluding diaryl/α,β-unsaturated/α-hetero) is 1. The van der Waals surface area contributed by atoms with Crippen LogP contribution in [0.5, 0.6) is 5.75 Å². The lowest BCUT2D eigenvalue weighted by molar-refractivity contribution is -0.614. The fourth-order valence-corrected chi connectivity index (χ4v) is 4.12. The van der Waals surface area contributed by atoms with Crippen LogP contribution in [0.4, 0.5) is 5.69 Å². The Morgan fingerprint density at radius 3 is 2.78 bits per heavy atom. The van der Waals surface area contributed by atoms with Gasteiger partial charge in [0.05, 0.1) is 23.9 Å². The zero-order valence-corrected chi connectivity index (χ0v) is 18.0. The van der Waals surface area contributed by atoms with Crippen molar-refractivity contribution in [3.8, 4) is 5.75 Å². The van der Waals surface area contributed by atoms with Crippen LogP contribution in [0.25, 0.3) is 10.9 Å². The predicted octanol–water partition coefficient (Wildman–Crippen LogP) is 3.70. The van der Waals surface area contributed by atoms with Crippen molar-refractivity contribution >= 4 is 28.3 Å². The quantitative estimate of drug-likeness (QED) is 0.471. The maximum atomic E-state index is 12.9. The Labute approximate surface area is 185 Å². The summed E-state index contributed by atoms with van der Waals surface area (Å²) in [5.41, 5.74) is 1.77. The highest BCUT2D eigenvalue weighted by atomic mass is 16.5. The lowest BCUT2D eigenvalue weighted by atomic mass is 9.95. The standard InChI is InChI=1S/C24H26N4O4/c1-15-3-2-4-22(28(15)31)24(30)25-21-11-17-13-27(18-7-9-19(29)10-8-18)26-20(17)12-23(21)32-14-16-5-6-16/h2-4,11-13,16,18H,5-10,14H2,1H3,(H,25,30). The van der Waals surface area contributed by atoms with Crippen molar-refractivity contribution in [1.82, 2.24) is 9.78 Å². The highest BCUT2D eigenvalue weighted by molar-refractivity contribution is 6.04. The molecule has 1 aromatic carbocycles. The Kier molecular flexibility index (Phi) is 5.28. The predicted molar refractivity (Wildman–Crippen MR) is 119 cm³/mol. The summed E-state index contributed by atoms with van der Waals surface area (Å²) >= 11 is 0. The molecule has 3 aromatic rings. The number of nitrogens with zero attached hydrogens (tertiary/aromatic N) is 3. The van der Waals surface area contributed by atoms with Gasteiger partial charge in [-0.05, 0) is 43.7 Å². The van der Waals surface area contributed by atoms with E-state index in [0.717, 1.165) is 36.6 Å². The molecule has 0 spiro atoms. The van der Waals surface area contributed by atoms with E-state index in [-0.39, 0.29) is 11.7 Å². The number of nitrogens with one attached hydrogen (secondary N) is 1. The molecule has 0 bridgehead atoms. The minimum atomic E-state index is -0.488. The van der Waals surface area contributed by atoms with Gasteiger partial charge < -0.3 is 15.3 Å². The van der Waals surface area contributed by atoms with E-state index in [0.29, 0.717) is 53.0 Å². The molecule has 2 heterocycles. The van der Waals surface area contributed by atoms with Crippen LogP contribution >= 0.6 is 0 Å².